The van der Waals surface area contributed by atoms with Crippen LogP contribution in [-0.2, 0) is 11.4 Å². The minimum absolute atomic E-state index is 0.0191. The van der Waals surface area contributed by atoms with Gasteiger partial charge in [0, 0.05) is 0 Å². The first-order valence-electron chi connectivity index (χ1n) is 5.98. The van der Waals surface area contributed by atoms with Crippen LogP contribution in [0.4, 0.5) is 4.79 Å². The summed E-state index contributed by atoms with van der Waals surface area (Å²) in [6.07, 6.45) is -1.32. The van der Waals surface area contributed by atoms with Gasteiger partial charge in [0.2, 0.25) is 0 Å². The highest BCUT2D eigenvalue weighted by Gasteiger charge is 2.19. The fourth-order valence-electron chi connectivity index (χ4n) is 1.62. The molecule has 2 aromatic carbocycles. The van der Waals surface area contributed by atoms with Crippen molar-refractivity contribution in [3.8, 4) is 0 Å². The molecule has 102 valence electrons. The molecule has 0 fully saturated rings. The maximum atomic E-state index is 11.8. The quantitative estimate of drug-likeness (QED) is 0.871. The third-order valence-corrected chi connectivity index (χ3v) is 2.58. The minimum Gasteiger partial charge on any atom is -0.463 e. The predicted molar refractivity (Wildman–Crippen MR) is 71.9 cm³/mol. The van der Waals surface area contributed by atoms with Crippen molar-refractivity contribution in [2.75, 3.05) is 0 Å². The third kappa shape index (κ3) is 3.58. The molecule has 0 aliphatic carbocycles. The Kier molecular flexibility index (Phi) is 4.34. The van der Waals surface area contributed by atoms with E-state index in [4.69, 9.17) is 9.94 Å². The Morgan fingerprint density at radius 3 is 2.05 bits per heavy atom. The van der Waals surface area contributed by atoms with E-state index in [0.717, 1.165) is 5.56 Å². The van der Waals surface area contributed by atoms with Crippen LogP contribution in [0, 0.1) is 0 Å². The topological polar surface area (TPSA) is 66.8 Å². The molecule has 0 atom stereocenters. The fraction of sp³-hybridized carbons (Fsp3) is 0.0667. The van der Waals surface area contributed by atoms with Crippen LogP contribution in [0.25, 0.3) is 0 Å². The minimum atomic E-state index is -1.32. The lowest BCUT2D eigenvalue weighted by Crippen LogP contribution is -2.31. The monoisotopic (exact) mass is 271 g/mol. The Bertz CT molecular complexity index is 583. The number of nitrogens with zero attached hydrogens (tertiary/aromatic N) is 1. The number of hydrogen-bond donors (Lipinski definition) is 1. The smallest absolute Gasteiger partial charge is 0.441 e. The van der Waals surface area contributed by atoms with Gasteiger partial charge in [0.25, 0.3) is 0 Å². The van der Waals surface area contributed by atoms with E-state index in [-0.39, 0.29) is 6.54 Å². The van der Waals surface area contributed by atoms with Crippen LogP contribution in [-0.4, -0.2) is 22.2 Å². The van der Waals surface area contributed by atoms with Gasteiger partial charge < -0.3 is 9.94 Å². The second-order valence-electron chi connectivity index (χ2n) is 4.05. The van der Waals surface area contributed by atoms with Crippen molar-refractivity contribution < 1.29 is 19.5 Å². The molecule has 2 aromatic rings. The second kappa shape index (κ2) is 6.38. The third-order valence-electron chi connectivity index (χ3n) is 2.58. The van der Waals surface area contributed by atoms with E-state index in [1.54, 1.807) is 54.6 Å². The Hall–Kier alpha value is -2.82. The normalized spacial score (nSPS) is 9.80. The average molecular weight is 271 g/mol. The van der Waals surface area contributed by atoms with E-state index in [9.17, 15) is 9.59 Å². The van der Waals surface area contributed by atoms with Gasteiger partial charge in [-0.1, -0.05) is 48.5 Å². The molecule has 0 aliphatic heterocycles. The molecule has 2 rings (SSSR count). The summed E-state index contributed by atoms with van der Waals surface area (Å²) < 4.78 is 0. The van der Waals surface area contributed by atoms with Crippen molar-refractivity contribution in [2.45, 2.75) is 6.54 Å². The Morgan fingerprint density at radius 1 is 0.950 bits per heavy atom. The number of hydrogen-bond acceptors (Lipinski definition) is 3. The van der Waals surface area contributed by atoms with Gasteiger partial charge in [-0.05, 0) is 17.7 Å². The summed E-state index contributed by atoms with van der Waals surface area (Å²) >= 11 is 0. The number of carbonyl (C=O) groups is 2. The van der Waals surface area contributed by atoms with E-state index in [2.05, 4.69) is 0 Å². The highest BCUT2D eigenvalue weighted by molar-refractivity contribution is 5.89. The standard InChI is InChI=1S/C15H13NO4/c17-14(13-9-5-2-6-10-13)20-16(15(18)19)11-12-7-3-1-4-8-12/h1-10H,11H2,(H,18,19). The summed E-state index contributed by atoms with van der Waals surface area (Å²) in [7, 11) is 0. The summed E-state index contributed by atoms with van der Waals surface area (Å²) in [6, 6.07) is 17.1. The molecule has 5 nitrogen and oxygen atoms in total. The van der Waals surface area contributed by atoms with Gasteiger partial charge in [-0.25, -0.2) is 9.59 Å². The SMILES string of the molecule is O=C(ON(Cc1ccccc1)C(=O)O)c1ccccc1. The molecule has 0 aromatic heterocycles. The molecular formula is C15H13NO4. The average Bonchev–Trinajstić information content (AvgIpc) is 2.48. The number of hydroxylamine groups is 2. The van der Waals surface area contributed by atoms with Gasteiger partial charge in [-0.2, -0.15) is 0 Å². The molecule has 0 saturated carbocycles. The first-order valence-corrected chi connectivity index (χ1v) is 5.98. The summed E-state index contributed by atoms with van der Waals surface area (Å²) in [5.41, 5.74) is 1.03. The van der Waals surface area contributed by atoms with Gasteiger partial charge in [0.1, 0.15) is 0 Å². The van der Waals surface area contributed by atoms with Crippen LogP contribution in [0.1, 0.15) is 15.9 Å². The molecule has 0 heterocycles. The maximum Gasteiger partial charge on any atom is 0.441 e. The number of rotatable bonds is 3. The number of benzene rings is 2. The number of carbonyl (C=O) groups excluding carboxylic acids is 1. The first kappa shape index (κ1) is 13.6. The molecular weight excluding hydrogens is 258 g/mol. The fourth-order valence-corrected chi connectivity index (χ4v) is 1.62. The van der Waals surface area contributed by atoms with Crippen LogP contribution in [0.2, 0.25) is 0 Å². The van der Waals surface area contributed by atoms with Crippen molar-refractivity contribution in [3.63, 3.8) is 0 Å². The van der Waals surface area contributed by atoms with Crippen molar-refractivity contribution in [3.05, 3.63) is 71.8 Å². The van der Waals surface area contributed by atoms with Gasteiger partial charge in [0.05, 0.1) is 12.1 Å². The molecule has 0 saturated heterocycles. The zero-order chi connectivity index (χ0) is 14.4. The Labute approximate surface area is 116 Å². The van der Waals surface area contributed by atoms with Crippen molar-refractivity contribution in [1.29, 1.82) is 0 Å². The molecule has 0 unspecified atom stereocenters. The summed E-state index contributed by atoms with van der Waals surface area (Å²) in [5, 5.41) is 9.69. The highest BCUT2D eigenvalue weighted by atomic mass is 16.7. The Balaban J connectivity index is 2.07. The lowest BCUT2D eigenvalue weighted by atomic mass is 10.2. The maximum absolute atomic E-state index is 11.8. The van der Waals surface area contributed by atoms with Crippen molar-refractivity contribution in [2.24, 2.45) is 0 Å². The molecule has 1 amide bonds. The summed E-state index contributed by atoms with van der Waals surface area (Å²) in [4.78, 5) is 27.8. The lowest BCUT2D eigenvalue weighted by molar-refractivity contribution is -0.0927. The van der Waals surface area contributed by atoms with Gasteiger partial charge in [-0.15, -0.1) is 5.06 Å². The molecule has 0 bridgehead atoms. The van der Waals surface area contributed by atoms with Crippen LogP contribution >= 0.6 is 0 Å². The number of amides is 1. The van der Waals surface area contributed by atoms with Crippen LogP contribution in [0.15, 0.2) is 60.7 Å². The van der Waals surface area contributed by atoms with E-state index in [0.29, 0.717) is 10.6 Å². The van der Waals surface area contributed by atoms with Crippen molar-refractivity contribution >= 4 is 12.1 Å². The largest absolute Gasteiger partial charge is 0.463 e. The van der Waals surface area contributed by atoms with Gasteiger partial charge >= 0.3 is 12.1 Å². The van der Waals surface area contributed by atoms with E-state index in [1.807, 2.05) is 6.07 Å². The molecule has 5 heteroatoms. The summed E-state index contributed by atoms with van der Waals surface area (Å²) in [5.74, 6) is -0.705. The van der Waals surface area contributed by atoms with E-state index < -0.39 is 12.1 Å². The predicted octanol–water partition coefficient (Wildman–Crippen LogP) is 2.94. The summed E-state index contributed by atoms with van der Waals surface area (Å²) in [6.45, 7) is -0.0191. The molecule has 0 aliphatic rings. The van der Waals surface area contributed by atoms with E-state index in [1.165, 1.54) is 0 Å². The van der Waals surface area contributed by atoms with Gasteiger partial charge in [0.15, 0.2) is 0 Å². The molecule has 1 N–H and O–H groups in total. The first-order chi connectivity index (χ1) is 9.66. The van der Waals surface area contributed by atoms with E-state index >= 15 is 0 Å². The number of carboxylic acid groups (broad SMARTS) is 1. The van der Waals surface area contributed by atoms with Crippen LogP contribution in [0.3, 0.4) is 0 Å². The van der Waals surface area contributed by atoms with Crippen LogP contribution < -0.4 is 0 Å². The zero-order valence-corrected chi connectivity index (χ0v) is 10.6. The molecule has 0 spiro atoms. The van der Waals surface area contributed by atoms with Crippen LogP contribution in [0.5, 0.6) is 0 Å². The zero-order valence-electron chi connectivity index (χ0n) is 10.6. The lowest BCUT2D eigenvalue weighted by Gasteiger charge is -2.17. The Morgan fingerprint density at radius 2 is 1.50 bits per heavy atom. The second-order valence-corrected chi connectivity index (χ2v) is 4.05. The van der Waals surface area contributed by atoms with Gasteiger partial charge in [-0.3, -0.25) is 0 Å². The molecule has 20 heavy (non-hydrogen) atoms. The molecule has 0 radical (unpaired) electrons. The highest BCUT2D eigenvalue weighted by Crippen LogP contribution is 2.08. The van der Waals surface area contributed by atoms with Crippen molar-refractivity contribution in [1.82, 2.24) is 5.06 Å².